The molecule has 2 heterocycles. The van der Waals surface area contributed by atoms with E-state index in [2.05, 4.69) is 133 Å². The highest BCUT2D eigenvalue weighted by Gasteiger charge is 2.36. The van der Waals surface area contributed by atoms with E-state index in [-0.39, 0.29) is 5.41 Å². The second-order valence-electron chi connectivity index (χ2n) is 15.0. The minimum atomic E-state index is -0.240. The van der Waals surface area contributed by atoms with Crippen LogP contribution >= 0.6 is 0 Å². The highest BCUT2D eigenvalue weighted by molar-refractivity contribution is 6.04. The van der Waals surface area contributed by atoms with Crippen LogP contribution in [0.15, 0.2) is 176 Å². The lowest BCUT2D eigenvalue weighted by Gasteiger charge is -2.22. The lowest BCUT2D eigenvalue weighted by molar-refractivity contribution is 0.661. The summed E-state index contributed by atoms with van der Waals surface area (Å²) in [4.78, 5) is 23.5. The van der Waals surface area contributed by atoms with Crippen LogP contribution in [0.4, 0.5) is 5.69 Å². The fourth-order valence-corrected chi connectivity index (χ4v) is 8.21. The predicted octanol–water partition coefficient (Wildman–Crippen LogP) is 13.3. The Morgan fingerprint density at radius 1 is 0.456 bits per heavy atom. The summed E-state index contributed by atoms with van der Waals surface area (Å²) in [6, 6.07) is 56.8. The molecule has 0 bridgehead atoms. The number of benzene rings is 7. The lowest BCUT2D eigenvalue weighted by Crippen LogP contribution is -2.15. The van der Waals surface area contributed by atoms with Crippen molar-refractivity contribution in [2.24, 2.45) is 0 Å². The average molecular weight is 730 g/mol. The minimum Gasteiger partial charge on any atom is -0.264 e. The van der Waals surface area contributed by atoms with Crippen molar-refractivity contribution in [2.45, 2.75) is 19.3 Å². The zero-order valence-electron chi connectivity index (χ0n) is 31.5. The second kappa shape index (κ2) is 13.6. The molecule has 1 aliphatic rings. The van der Waals surface area contributed by atoms with Gasteiger partial charge in [-0.1, -0.05) is 141 Å². The summed E-state index contributed by atoms with van der Waals surface area (Å²) in [6.45, 7) is 12.3. The summed E-state index contributed by atoms with van der Waals surface area (Å²) < 4.78 is 0. The molecule has 0 saturated carbocycles. The highest BCUT2D eigenvalue weighted by Crippen LogP contribution is 2.52. The maximum atomic E-state index is 7.68. The van der Waals surface area contributed by atoms with Gasteiger partial charge in [-0.15, -0.1) is 0 Å². The van der Waals surface area contributed by atoms with Crippen molar-refractivity contribution >= 4 is 16.5 Å². The summed E-state index contributed by atoms with van der Waals surface area (Å²) in [5.74, 6) is 1.81. The van der Waals surface area contributed by atoms with Gasteiger partial charge in [0.25, 0.3) is 0 Å². The molecule has 9 aromatic rings. The average Bonchev–Trinajstić information content (AvgIpc) is 3.52. The van der Waals surface area contributed by atoms with E-state index in [0.717, 1.165) is 60.8 Å². The molecule has 57 heavy (non-hydrogen) atoms. The SMILES string of the molecule is [C-]#[N+]c1ccc2ccc3c(c2c1)-c1ccc(-c2cc(-c4cccnc4)cc(-c4nc(-c5ccccc5)nc(-c5ccc(-c6ccccc6)cc5)n4)c2)cc1C3(C)C. The number of pyridine rings is 1. The number of fused-ring (bicyclic) bond motifs is 5. The van der Waals surface area contributed by atoms with Crippen molar-refractivity contribution in [3.05, 3.63) is 199 Å². The monoisotopic (exact) mass is 729 g/mol. The molecule has 0 radical (unpaired) electrons. The van der Waals surface area contributed by atoms with Crippen LogP contribution in [0.25, 0.3) is 94.3 Å². The van der Waals surface area contributed by atoms with Crippen LogP contribution in [-0.2, 0) is 5.41 Å². The van der Waals surface area contributed by atoms with E-state index < -0.39 is 0 Å². The van der Waals surface area contributed by atoms with Gasteiger partial charge < -0.3 is 0 Å². The van der Waals surface area contributed by atoms with Gasteiger partial charge in [-0.3, -0.25) is 4.98 Å². The van der Waals surface area contributed by atoms with Crippen LogP contribution in [0.3, 0.4) is 0 Å². The maximum Gasteiger partial charge on any atom is 0.187 e. The molecular formula is C52H35N5. The van der Waals surface area contributed by atoms with Gasteiger partial charge >= 0.3 is 0 Å². The highest BCUT2D eigenvalue weighted by atomic mass is 15.0. The van der Waals surface area contributed by atoms with Crippen LogP contribution in [-0.4, -0.2) is 19.9 Å². The van der Waals surface area contributed by atoms with Gasteiger partial charge in [-0.05, 0) is 97.2 Å². The van der Waals surface area contributed by atoms with E-state index in [0.29, 0.717) is 23.2 Å². The van der Waals surface area contributed by atoms with Crippen LogP contribution < -0.4 is 0 Å². The van der Waals surface area contributed by atoms with Crippen LogP contribution in [0.2, 0.25) is 0 Å². The molecule has 0 atom stereocenters. The Morgan fingerprint density at radius 2 is 1.02 bits per heavy atom. The van der Waals surface area contributed by atoms with Crippen LogP contribution in [0.1, 0.15) is 25.0 Å². The molecule has 0 N–H and O–H groups in total. The van der Waals surface area contributed by atoms with Gasteiger partial charge in [0.2, 0.25) is 0 Å². The standard InChI is InChI=1S/C52H35N5/c1-52(2)46-25-22-35-20-23-43(53-3)31-45(35)48(46)44-24-21-38(30-47(44)52)40-27-41(39-15-10-26-54-32-39)29-42(28-40)51-56-49(36-13-8-5-9-14-36)55-50(57-51)37-18-16-34(17-19-37)33-11-6-4-7-12-33/h4-32H,1-2H3. The minimum absolute atomic E-state index is 0.240. The Kier molecular flexibility index (Phi) is 8.13. The van der Waals surface area contributed by atoms with Crippen molar-refractivity contribution < 1.29 is 0 Å². The van der Waals surface area contributed by atoms with Gasteiger partial charge in [0.15, 0.2) is 23.2 Å². The van der Waals surface area contributed by atoms with Crippen molar-refractivity contribution in [1.82, 2.24) is 19.9 Å². The summed E-state index contributed by atoms with van der Waals surface area (Å²) in [5.41, 5.74) is 14.6. The third kappa shape index (κ3) is 6.05. The zero-order valence-corrected chi connectivity index (χ0v) is 31.5. The van der Waals surface area contributed by atoms with Gasteiger partial charge in [0, 0.05) is 40.1 Å². The molecule has 0 fully saturated rings. The topological polar surface area (TPSA) is 55.9 Å². The Morgan fingerprint density at radius 3 is 1.70 bits per heavy atom. The van der Waals surface area contributed by atoms with Gasteiger partial charge in [0.05, 0.1) is 6.57 Å². The Bertz CT molecular complexity index is 3020. The number of rotatable bonds is 6. The van der Waals surface area contributed by atoms with Crippen LogP contribution in [0, 0.1) is 6.57 Å². The normalized spacial score (nSPS) is 12.5. The lowest BCUT2D eigenvalue weighted by atomic mass is 9.81. The Hall–Kier alpha value is -7.55. The summed E-state index contributed by atoms with van der Waals surface area (Å²) >= 11 is 0. The number of aromatic nitrogens is 4. The molecule has 1 aliphatic carbocycles. The quantitative estimate of drug-likeness (QED) is 0.160. The first-order valence-corrected chi connectivity index (χ1v) is 19.1. The third-order valence-corrected chi connectivity index (χ3v) is 11.2. The molecule has 0 spiro atoms. The third-order valence-electron chi connectivity index (χ3n) is 11.2. The largest absolute Gasteiger partial charge is 0.264 e. The van der Waals surface area contributed by atoms with E-state index in [1.807, 2.05) is 60.8 Å². The first-order valence-electron chi connectivity index (χ1n) is 19.1. The van der Waals surface area contributed by atoms with E-state index in [4.69, 9.17) is 21.5 Å². The van der Waals surface area contributed by atoms with Crippen molar-refractivity contribution in [2.75, 3.05) is 0 Å². The number of hydrogen-bond donors (Lipinski definition) is 0. The molecule has 5 nitrogen and oxygen atoms in total. The van der Waals surface area contributed by atoms with Crippen molar-refractivity contribution in [1.29, 1.82) is 0 Å². The number of hydrogen-bond acceptors (Lipinski definition) is 4. The molecule has 10 rings (SSSR count). The Labute approximate surface area is 331 Å². The molecule has 0 unspecified atom stereocenters. The fourth-order valence-electron chi connectivity index (χ4n) is 8.21. The van der Waals surface area contributed by atoms with Gasteiger partial charge in [-0.2, -0.15) is 0 Å². The molecule has 0 amide bonds. The molecule has 5 heteroatoms. The summed E-state index contributed by atoms with van der Waals surface area (Å²) in [6.07, 6.45) is 3.70. The van der Waals surface area contributed by atoms with E-state index >= 15 is 0 Å². The summed E-state index contributed by atoms with van der Waals surface area (Å²) in [5, 5.41) is 2.26. The Balaban J connectivity index is 1.14. The first kappa shape index (κ1) is 34.0. The van der Waals surface area contributed by atoms with Crippen molar-refractivity contribution in [3.8, 4) is 78.7 Å². The fraction of sp³-hybridized carbons (Fsp3) is 0.0577. The van der Waals surface area contributed by atoms with Crippen molar-refractivity contribution in [3.63, 3.8) is 0 Å². The van der Waals surface area contributed by atoms with E-state index in [1.54, 1.807) is 6.20 Å². The molecule has 2 aromatic heterocycles. The van der Waals surface area contributed by atoms with Crippen LogP contribution in [0.5, 0.6) is 0 Å². The maximum absolute atomic E-state index is 7.68. The number of nitrogens with zero attached hydrogens (tertiary/aromatic N) is 5. The molecule has 0 saturated heterocycles. The summed E-state index contributed by atoms with van der Waals surface area (Å²) in [7, 11) is 0. The first-order chi connectivity index (χ1) is 27.9. The smallest absolute Gasteiger partial charge is 0.187 e. The molecule has 268 valence electrons. The second-order valence-corrected chi connectivity index (χ2v) is 15.0. The molecular weight excluding hydrogens is 695 g/mol. The molecule has 7 aromatic carbocycles. The molecule has 0 aliphatic heterocycles. The zero-order chi connectivity index (χ0) is 38.5. The van der Waals surface area contributed by atoms with Gasteiger partial charge in [-0.25, -0.2) is 19.8 Å². The van der Waals surface area contributed by atoms with E-state index in [9.17, 15) is 0 Å². The predicted molar refractivity (Wildman–Crippen MR) is 232 cm³/mol. The van der Waals surface area contributed by atoms with E-state index in [1.165, 1.54) is 22.3 Å². The van der Waals surface area contributed by atoms with Gasteiger partial charge in [0.1, 0.15) is 0 Å².